The maximum atomic E-state index is 4.83. The predicted octanol–water partition coefficient (Wildman–Crippen LogP) is 5.43. The van der Waals surface area contributed by atoms with Gasteiger partial charge in [-0.05, 0) is 73.6 Å². The van der Waals surface area contributed by atoms with Gasteiger partial charge in [0, 0.05) is 16.5 Å². The highest BCUT2D eigenvalue weighted by molar-refractivity contribution is 6.04. The van der Waals surface area contributed by atoms with Crippen molar-refractivity contribution in [3.63, 3.8) is 0 Å². The van der Waals surface area contributed by atoms with Crippen LogP contribution in [0.2, 0.25) is 0 Å². The lowest BCUT2D eigenvalue weighted by Crippen LogP contribution is -2.14. The fraction of sp³-hybridized carbons (Fsp3) is 0.267. The molecular weight excluding hydrogens is 444 g/mol. The number of rotatable bonds is 6. The van der Waals surface area contributed by atoms with Crippen molar-refractivity contribution in [3.05, 3.63) is 83.6 Å². The summed E-state index contributed by atoms with van der Waals surface area (Å²) in [5.41, 5.74) is 6.23. The van der Waals surface area contributed by atoms with E-state index in [9.17, 15) is 0 Å². The van der Waals surface area contributed by atoms with Crippen molar-refractivity contribution in [1.82, 2.24) is 30.6 Å². The minimum atomic E-state index is 0.347. The molecule has 0 aliphatic carbocycles. The average molecular weight is 475 g/mol. The monoisotopic (exact) mass is 474 g/mol. The third-order valence-electron chi connectivity index (χ3n) is 6.77. The molecule has 1 atom stereocenters. The molecule has 0 radical (unpaired) electrons. The van der Waals surface area contributed by atoms with Gasteiger partial charge in [0.25, 0.3) is 0 Å². The Kier molecular flexibility index (Phi) is 6.25. The molecule has 2 aromatic heterocycles. The van der Waals surface area contributed by atoms with E-state index >= 15 is 0 Å². The van der Waals surface area contributed by atoms with Crippen LogP contribution >= 0.6 is 0 Å². The first-order valence-electron chi connectivity index (χ1n) is 12.8. The quantitative estimate of drug-likeness (QED) is 0.195. The highest BCUT2D eigenvalue weighted by atomic mass is 15.0. The van der Waals surface area contributed by atoms with Crippen LogP contribution in [0.15, 0.2) is 60.8 Å². The number of hydrogen-bond donors (Lipinski definition) is 4. The van der Waals surface area contributed by atoms with Gasteiger partial charge in [0.2, 0.25) is 0 Å². The van der Waals surface area contributed by atoms with Gasteiger partial charge in [-0.25, -0.2) is 9.97 Å². The van der Waals surface area contributed by atoms with E-state index in [1.54, 1.807) is 0 Å². The molecule has 3 heterocycles. The zero-order valence-electron chi connectivity index (χ0n) is 20.5. The molecule has 6 heteroatoms. The maximum absolute atomic E-state index is 4.83. The van der Waals surface area contributed by atoms with Crippen LogP contribution in [-0.2, 0) is 6.54 Å². The molecule has 0 spiro atoms. The second kappa shape index (κ2) is 9.98. The average Bonchev–Trinajstić information content (AvgIpc) is 3.68. The highest BCUT2D eigenvalue weighted by Gasteiger charge is 2.19. The fourth-order valence-corrected chi connectivity index (χ4v) is 4.85. The van der Waals surface area contributed by atoms with Crippen LogP contribution in [-0.4, -0.2) is 33.0 Å². The summed E-state index contributed by atoms with van der Waals surface area (Å²) in [6.45, 7) is 4.98. The fourth-order valence-electron chi connectivity index (χ4n) is 4.85. The lowest BCUT2D eigenvalue weighted by molar-refractivity contribution is 0.613. The van der Waals surface area contributed by atoms with Gasteiger partial charge in [0.05, 0.1) is 35.5 Å². The zero-order valence-corrected chi connectivity index (χ0v) is 20.5. The van der Waals surface area contributed by atoms with E-state index in [1.807, 2.05) is 6.20 Å². The Bertz CT molecular complexity index is 1560. The number of H-pyrrole nitrogens is 2. The number of nitrogens with one attached hydrogen (secondary N) is 4. The molecule has 5 aromatic rings. The minimum Gasteiger partial charge on any atom is -0.341 e. The van der Waals surface area contributed by atoms with Crippen LogP contribution in [0.25, 0.3) is 33.1 Å². The van der Waals surface area contributed by atoms with Gasteiger partial charge >= 0.3 is 0 Å². The first kappa shape index (κ1) is 22.5. The summed E-state index contributed by atoms with van der Waals surface area (Å²) < 4.78 is 0. The van der Waals surface area contributed by atoms with Crippen molar-refractivity contribution in [1.29, 1.82) is 0 Å². The molecule has 0 amide bonds. The predicted molar refractivity (Wildman–Crippen MR) is 146 cm³/mol. The van der Waals surface area contributed by atoms with Crippen molar-refractivity contribution in [2.75, 3.05) is 13.1 Å². The Labute approximate surface area is 211 Å². The van der Waals surface area contributed by atoms with Crippen molar-refractivity contribution in [2.24, 2.45) is 0 Å². The normalized spacial score (nSPS) is 15.4. The van der Waals surface area contributed by atoms with Crippen LogP contribution in [0.3, 0.4) is 0 Å². The molecule has 0 saturated carbocycles. The van der Waals surface area contributed by atoms with Crippen LogP contribution < -0.4 is 10.6 Å². The number of nitrogens with zero attached hydrogens (tertiary/aromatic N) is 2. The Morgan fingerprint density at radius 2 is 1.86 bits per heavy atom. The van der Waals surface area contributed by atoms with Crippen molar-refractivity contribution < 1.29 is 0 Å². The molecule has 3 aromatic carbocycles. The number of aromatic nitrogens is 4. The summed E-state index contributed by atoms with van der Waals surface area (Å²) in [5, 5.41) is 9.19. The van der Waals surface area contributed by atoms with Crippen molar-refractivity contribution in [3.8, 4) is 23.1 Å². The lowest BCUT2D eigenvalue weighted by atomic mass is 10.1. The molecule has 1 aliphatic heterocycles. The molecule has 1 aliphatic rings. The first-order valence-corrected chi connectivity index (χ1v) is 12.8. The summed E-state index contributed by atoms with van der Waals surface area (Å²) in [6.07, 6.45) is 5.38. The van der Waals surface area contributed by atoms with Crippen LogP contribution in [0.5, 0.6) is 0 Å². The van der Waals surface area contributed by atoms with E-state index < -0.39 is 0 Å². The second-order valence-corrected chi connectivity index (χ2v) is 9.42. The maximum Gasteiger partial charge on any atom is 0.123 e. The Morgan fingerprint density at radius 1 is 1.00 bits per heavy atom. The largest absolute Gasteiger partial charge is 0.341 e. The zero-order chi connectivity index (χ0) is 24.3. The number of imidazole rings is 2. The third-order valence-corrected chi connectivity index (χ3v) is 6.77. The van der Waals surface area contributed by atoms with E-state index in [0.29, 0.717) is 6.04 Å². The molecule has 180 valence electrons. The summed E-state index contributed by atoms with van der Waals surface area (Å²) >= 11 is 0. The van der Waals surface area contributed by atoms with Gasteiger partial charge in [-0.15, -0.1) is 0 Å². The van der Waals surface area contributed by atoms with Gasteiger partial charge in [-0.2, -0.15) is 0 Å². The number of fused-ring (bicyclic) bond motifs is 3. The first-order chi connectivity index (χ1) is 17.8. The standard InChI is InChI=1S/C30H30N6/c1-2-15-31-19-28-34-25-14-12-23-17-21(9-13-24(23)29(25)36-28)6-5-20-7-10-22(11-8-20)27-18-33-30(35-27)26-4-3-16-32-26/h7-14,17-18,26,31-32H,2-4,15-16,19H2,1H3,(H,33,35)(H,34,36)/t26-/m0/s1. The minimum absolute atomic E-state index is 0.347. The summed E-state index contributed by atoms with van der Waals surface area (Å²) in [5.74, 6) is 8.63. The van der Waals surface area contributed by atoms with Crippen LogP contribution in [0.4, 0.5) is 0 Å². The van der Waals surface area contributed by atoms with E-state index in [-0.39, 0.29) is 0 Å². The molecule has 6 rings (SSSR count). The highest BCUT2D eigenvalue weighted by Crippen LogP contribution is 2.26. The Morgan fingerprint density at radius 3 is 2.69 bits per heavy atom. The lowest BCUT2D eigenvalue weighted by Gasteiger charge is -2.05. The molecule has 1 fully saturated rings. The molecule has 0 unspecified atom stereocenters. The molecule has 0 bridgehead atoms. The topological polar surface area (TPSA) is 81.4 Å². The Balaban J connectivity index is 1.19. The Hall–Kier alpha value is -3.92. The summed E-state index contributed by atoms with van der Waals surface area (Å²) in [6, 6.07) is 19.3. The molecule has 6 nitrogen and oxygen atoms in total. The van der Waals surface area contributed by atoms with Gasteiger partial charge < -0.3 is 20.6 Å². The van der Waals surface area contributed by atoms with Gasteiger partial charge in [-0.1, -0.05) is 43.0 Å². The van der Waals surface area contributed by atoms with Gasteiger partial charge in [0.15, 0.2) is 0 Å². The van der Waals surface area contributed by atoms with Crippen molar-refractivity contribution in [2.45, 2.75) is 38.8 Å². The molecule has 1 saturated heterocycles. The molecule has 4 N–H and O–H groups in total. The van der Waals surface area contributed by atoms with Crippen molar-refractivity contribution >= 4 is 21.8 Å². The van der Waals surface area contributed by atoms with Crippen LogP contribution in [0, 0.1) is 11.8 Å². The van der Waals surface area contributed by atoms with Crippen LogP contribution in [0.1, 0.15) is 55.0 Å². The van der Waals surface area contributed by atoms with E-state index in [4.69, 9.17) is 4.98 Å². The van der Waals surface area contributed by atoms with E-state index in [2.05, 4.69) is 98.9 Å². The number of benzene rings is 3. The number of aromatic amines is 2. The summed E-state index contributed by atoms with van der Waals surface area (Å²) in [4.78, 5) is 16.3. The van der Waals surface area contributed by atoms with E-state index in [1.165, 1.54) is 6.42 Å². The molecule has 36 heavy (non-hydrogen) atoms. The van der Waals surface area contributed by atoms with Gasteiger partial charge in [0.1, 0.15) is 11.6 Å². The SMILES string of the molecule is CCCNCc1nc2c(ccc3cc(C#Cc4ccc(-c5cnc([C@@H]6CCCN6)[nH]5)cc4)ccc32)[nH]1. The third kappa shape index (κ3) is 4.64. The molecular formula is C30H30N6. The van der Waals surface area contributed by atoms with Gasteiger partial charge in [-0.3, -0.25) is 0 Å². The van der Waals surface area contributed by atoms with E-state index in [0.717, 1.165) is 88.3 Å². The number of hydrogen-bond acceptors (Lipinski definition) is 4. The summed E-state index contributed by atoms with van der Waals surface area (Å²) in [7, 11) is 0. The second-order valence-electron chi connectivity index (χ2n) is 9.42. The smallest absolute Gasteiger partial charge is 0.123 e.